The fourth-order valence-electron chi connectivity index (χ4n) is 3.20. The molecule has 0 saturated heterocycles. The molecule has 1 amide bonds. The summed E-state index contributed by atoms with van der Waals surface area (Å²) in [6, 6.07) is 7.67. The Kier molecular flexibility index (Phi) is 4.94. The van der Waals surface area contributed by atoms with Gasteiger partial charge in [0.25, 0.3) is 5.91 Å². The Balaban J connectivity index is 2.39. The van der Waals surface area contributed by atoms with Gasteiger partial charge in [-0.2, -0.15) is 0 Å². The lowest BCUT2D eigenvalue weighted by Crippen LogP contribution is -2.24. The summed E-state index contributed by atoms with van der Waals surface area (Å²) in [5.41, 5.74) is 4.31. The van der Waals surface area contributed by atoms with Crippen molar-refractivity contribution in [2.45, 2.75) is 0 Å². The van der Waals surface area contributed by atoms with E-state index in [4.69, 9.17) is 0 Å². The quantitative estimate of drug-likeness (QED) is 0.516. The molecule has 0 spiro atoms. The van der Waals surface area contributed by atoms with E-state index in [0.29, 0.717) is 22.3 Å². The van der Waals surface area contributed by atoms with Crippen molar-refractivity contribution in [2.75, 3.05) is 14.1 Å². The molecule has 5 nitrogen and oxygen atoms in total. The SMILES string of the molecule is C=Cc1[nH]cc(/C(C=O)=C(/C(=O)N(C)C)c2c[nH]c3ccccc23)c1C=C. The van der Waals surface area contributed by atoms with Crippen molar-refractivity contribution >= 4 is 46.4 Å². The maximum atomic E-state index is 13.1. The first-order valence-corrected chi connectivity index (χ1v) is 8.47. The highest BCUT2D eigenvalue weighted by atomic mass is 16.2. The fraction of sp³-hybridized carbons (Fsp3) is 0.0909. The summed E-state index contributed by atoms with van der Waals surface area (Å²) < 4.78 is 0. The zero-order valence-corrected chi connectivity index (χ0v) is 15.4. The van der Waals surface area contributed by atoms with E-state index in [1.165, 1.54) is 4.90 Å². The van der Waals surface area contributed by atoms with Crippen LogP contribution in [0, 0.1) is 0 Å². The van der Waals surface area contributed by atoms with Crippen molar-refractivity contribution in [1.82, 2.24) is 14.9 Å². The number of likely N-dealkylation sites (N-methyl/N-ethyl adjacent to an activating group) is 1. The van der Waals surface area contributed by atoms with E-state index < -0.39 is 0 Å². The van der Waals surface area contributed by atoms with Crippen molar-refractivity contribution < 1.29 is 9.59 Å². The van der Waals surface area contributed by atoms with Crippen LogP contribution in [0.2, 0.25) is 0 Å². The van der Waals surface area contributed by atoms with Crippen LogP contribution in [0.5, 0.6) is 0 Å². The molecular formula is C22H21N3O2. The van der Waals surface area contributed by atoms with Crippen LogP contribution in [0.15, 0.2) is 49.8 Å². The molecule has 0 fully saturated rings. The summed E-state index contributed by atoms with van der Waals surface area (Å²) in [6.45, 7) is 7.61. The van der Waals surface area contributed by atoms with Gasteiger partial charge in [-0.25, -0.2) is 0 Å². The minimum Gasteiger partial charge on any atom is -0.361 e. The van der Waals surface area contributed by atoms with Gasteiger partial charge in [0.2, 0.25) is 0 Å². The topological polar surface area (TPSA) is 69.0 Å². The number of hydrogen-bond donors (Lipinski definition) is 2. The maximum Gasteiger partial charge on any atom is 0.254 e. The smallest absolute Gasteiger partial charge is 0.254 e. The first kappa shape index (κ1) is 18.2. The number of aldehydes is 1. The van der Waals surface area contributed by atoms with Crippen molar-refractivity contribution in [1.29, 1.82) is 0 Å². The van der Waals surface area contributed by atoms with Gasteiger partial charge in [-0.3, -0.25) is 9.59 Å². The van der Waals surface area contributed by atoms with Gasteiger partial charge in [0.05, 0.1) is 5.57 Å². The molecular weight excluding hydrogens is 338 g/mol. The standard InChI is InChI=1S/C22H21N3O2/c1-5-14-16(11-23-19(14)6-2)18(13-26)21(22(27)25(3)4)17-12-24-20-10-8-7-9-15(17)20/h5-13,23-24H,1-2H2,3-4H3/b21-18+. The Morgan fingerprint density at radius 3 is 2.37 bits per heavy atom. The normalized spacial score (nSPS) is 11.8. The molecule has 0 aliphatic rings. The lowest BCUT2D eigenvalue weighted by Gasteiger charge is -2.16. The predicted molar refractivity (Wildman–Crippen MR) is 111 cm³/mol. The minimum atomic E-state index is -0.252. The first-order chi connectivity index (χ1) is 13.0. The van der Waals surface area contributed by atoms with Gasteiger partial charge in [0.1, 0.15) is 0 Å². The monoisotopic (exact) mass is 359 g/mol. The zero-order valence-electron chi connectivity index (χ0n) is 15.4. The highest BCUT2D eigenvalue weighted by Gasteiger charge is 2.25. The molecule has 0 bridgehead atoms. The van der Waals surface area contributed by atoms with Gasteiger partial charge < -0.3 is 14.9 Å². The van der Waals surface area contributed by atoms with Crippen LogP contribution in [0.4, 0.5) is 0 Å². The van der Waals surface area contributed by atoms with Crippen LogP contribution < -0.4 is 0 Å². The number of para-hydroxylation sites is 1. The molecule has 2 aromatic heterocycles. The Morgan fingerprint density at radius 2 is 1.74 bits per heavy atom. The number of aromatic nitrogens is 2. The van der Waals surface area contributed by atoms with Crippen molar-refractivity contribution in [3.63, 3.8) is 0 Å². The fourth-order valence-corrected chi connectivity index (χ4v) is 3.20. The second-order valence-electron chi connectivity index (χ2n) is 6.29. The Hall–Kier alpha value is -3.60. The van der Waals surface area contributed by atoms with Gasteiger partial charge in [0, 0.05) is 65.3 Å². The number of carbonyl (C=O) groups is 2. The average molecular weight is 359 g/mol. The third-order valence-corrected chi connectivity index (χ3v) is 4.52. The zero-order chi connectivity index (χ0) is 19.6. The second-order valence-corrected chi connectivity index (χ2v) is 6.29. The number of fused-ring (bicyclic) bond motifs is 1. The number of nitrogens with zero attached hydrogens (tertiary/aromatic N) is 1. The molecule has 136 valence electrons. The number of amides is 1. The number of carbonyl (C=O) groups excluding carboxylic acids is 2. The van der Waals surface area contributed by atoms with Crippen LogP contribution >= 0.6 is 0 Å². The molecule has 0 radical (unpaired) electrons. The molecule has 3 aromatic rings. The van der Waals surface area contributed by atoms with Crippen LogP contribution in [0.1, 0.15) is 22.4 Å². The van der Waals surface area contributed by atoms with E-state index in [1.807, 2.05) is 24.3 Å². The second kappa shape index (κ2) is 7.33. The molecule has 2 N–H and O–H groups in total. The first-order valence-electron chi connectivity index (χ1n) is 8.47. The summed E-state index contributed by atoms with van der Waals surface area (Å²) in [5, 5.41) is 0.877. The molecule has 2 heterocycles. The van der Waals surface area contributed by atoms with Crippen molar-refractivity contribution in [3.8, 4) is 0 Å². The van der Waals surface area contributed by atoms with E-state index in [2.05, 4.69) is 23.1 Å². The summed E-state index contributed by atoms with van der Waals surface area (Å²) in [7, 11) is 3.33. The highest BCUT2D eigenvalue weighted by molar-refractivity contribution is 6.37. The largest absolute Gasteiger partial charge is 0.361 e. The minimum absolute atomic E-state index is 0.252. The van der Waals surface area contributed by atoms with Gasteiger partial charge >= 0.3 is 0 Å². The molecule has 0 aliphatic heterocycles. The molecule has 0 unspecified atom stereocenters. The summed E-state index contributed by atoms with van der Waals surface area (Å²) in [6.07, 6.45) is 7.50. The highest BCUT2D eigenvalue weighted by Crippen LogP contribution is 2.34. The molecule has 5 heteroatoms. The summed E-state index contributed by atoms with van der Waals surface area (Å²) >= 11 is 0. The number of rotatable bonds is 6. The Labute approximate surface area is 157 Å². The van der Waals surface area contributed by atoms with Gasteiger partial charge in [-0.15, -0.1) is 0 Å². The average Bonchev–Trinajstić information content (AvgIpc) is 3.29. The van der Waals surface area contributed by atoms with E-state index in [0.717, 1.165) is 28.4 Å². The Morgan fingerprint density at radius 1 is 1.04 bits per heavy atom. The van der Waals surface area contributed by atoms with E-state index in [-0.39, 0.29) is 5.91 Å². The number of nitrogens with one attached hydrogen (secondary N) is 2. The molecule has 27 heavy (non-hydrogen) atoms. The number of aromatic amines is 2. The van der Waals surface area contributed by atoms with Crippen LogP contribution in [0.25, 0.3) is 34.2 Å². The summed E-state index contributed by atoms with van der Waals surface area (Å²) in [4.78, 5) is 33.0. The van der Waals surface area contributed by atoms with Crippen LogP contribution in [-0.4, -0.2) is 41.2 Å². The molecule has 3 rings (SSSR count). The van der Waals surface area contributed by atoms with Crippen molar-refractivity contribution in [3.05, 3.63) is 72.2 Å². The van der Waals surface area contributed by atoms with Gasteiger partial charge in [0.15, 0.2) is 6.29 Å². The van der Waals surface area contributed by atoms with Crippen LogP contribution in [0.3, 0.4) is 0 Å². The van der Waals surface area contributed by atoms with E-state index >= 15 is 0 Å². The third-order valence-electron chi connectivity index (χ3n) is 4.52. The number of benzene rings is 1. The molecule has 0 atom stereocenters. The lowest BCUT2D eigenvalue weighted by atomic mass is 9.93. The Bertz CT molecular complexity index is 1080. The number of allylic oxidation sites excluding steroid dienone is 1. The molecule has 0 aliphatic carbocycles. The van der Waals surface area contributed by atoms with Gasteiger partial charge in [-0.05, 0) is 12.1 Å². The maximum absolute atomic E-state index is 13.1. The summed E-state index contributed by atoms with van der Waals surface area (Å²) in [5.74, 6) is -0.252. The molecule has 0 saturated carbocycles. The lowest BCUT2D eigenvalue weighted by molar-refractivity contribution is -0.122. The number of H-pyrrole nitrogens is 2. The van der Waals surface area contributed by atoms with Gasteiger partial charge in [-0.1, -0.05) is 37.4 Å². The molecule has 1 aromatic carbocycles. The third kappa shape index (κ3) is 3.04. The number of hydrogen-bond acceptors (Lipinski definition) is 2. The van der Waals surface area contributed by atoms with Crippen LogP contribution in [-0.2, 0) is 9.59 Å². The van der Waals surface area contributed by atoms with Crippen molar-refractivity contribution in [2.24, 2.45) is 0 Å². The van der Waals surface area contributed by atoms with E-state index in [9.17, 15) is 9.59 Å². The van der Waals surface area contributed by atoms with E-state index in [1.54, 1.807) is 38.6 Å². The predicted octanol–water partition coefficient (Wildman–Crippen LogP) is 3.98.